The van der Waals surface area contributed by atoms with E-state index < -0.39 is 5.82 Å². The molecule has 1 rings (SSSR count). The van der Waals surface area contributed by atoms with Crippen LogP contribution in [0, 0.1) is 5.82 Å². The summed E-state index contributed by atoms with van der Waals surface area (Å²) in [5, 5.41) is 8.80. The lowest BCUT2D eigenvalue weighted by Crippen LogP contribution is -1.78. The van der Waals surface area contributed by atoms with E-state index in [0.717, 1.165) is 0 Å². The molecule has 0 amide bonds. The van der Waals surface area contributed by atoms with E-state index in [9.17, 15) is 4.39 Å². The minimum absolute atomic E-state index is 0.243. The van der Waals surface area contributed by atoms with Gasteiger partial charge in [0.15, 0.2) is 11.6 Å². The van der Waals surface area contributed by atoms with Crippen molar-refractivity contribution in [1.29, 1.82) is 0 Å². The van der Waals surface area contributed by atoms with Crippen LogP contribution in [0.2, 0.25) is 0 Å². The average Bonchev–Trinajstić information content (AvgIpc) is 1.93. The molecule has 0 aliphatic rings. The monoisotopic (exact) mass is 268 g/mol. The summed E-state index contributed by atoms with van der Waals surface area (Å²) in [5.41, 5.74) is 0. The summed E-state index contributed by atoms with van der Waals surface area (Å²) in [4.78, 5) is 0. The zero-order valence-corrected chi connectivity index (χ0v) is 7.91. The minimum atomic E-state index is -0.644. The molecular formula is C6H3Br2FO. The van der Waals surface area contributed by atoms with Crippen LogP contribution in [-0.4, -0.2) is 5.11 Å². The lowest BCUT2D eigenvalue weighted by Gasteiger charge is -1.98. The Labute approximate surface area is 74.1 Å². The highest BCUT2D eigenvalue weighted by molar-refractivity contribution is 9.13. The zero-order chi connectivity index (χ0) is 7.72. The second-order valence-electron chi connectivity index (χ2n) is 1.69. The van der Waals surface area contributed by atoms with E-state index >= 15 is 0 Å². The average molecular weight is 270 g/mol. The third-order valence-corrected chi connectivity index (χ3v) is 2.98. The molecule has 0 fully saturated rings. The lowest BCUT2D eigenvalue weighted by molar-refractivity contribution is 0.430. The molecule has 0 heterocycles. The summed E-state index contributed by atoms with van der Waals surface area (Å²) < 4.78 is 13.5. The second kappa shape index (κ2) is 2.88. The van der Waals surface area contributed by atoms with Crippen LogP contribution in [0.4, 0.5) is 4.39 Å². The van der Waals surface area contributed by atoms with Crippen molar-refractivity contribution in [3.63, 3.8) is 0 Å². The van der Waals surface area contributed by atoms with Gasteiger partial charge in [-0.25, -0.2) is 4.39 Å². The second-order valence-corrected chi connectivity index (χ2v) is 3.34. The van der Waals surface area contributed by atoms with Crippen molar-refractivity contribution in [3.8, 4) is 5.75 Å². The maximum absolute atomic E-state index is 12.7. The summed E-state index contributed by atoms with van der Waals surface area (Å²) in [6, 6.07) is 2.84. The fourth-order valence-corrected chi connectivity index (χ4v) is 1.16. The molecule has 1 aromatic rings. The fourth-order valence-electron chi connectivity index (χ4n) is 0.516. The molecule has 0 aliphatic heterocycles. The number of phenols is 1. The van der Waals surface area contributed by atoms with E-state index in [4.69, 9.17) is 5.11 Å². The first-order valence-electron chi connectivity index (χ1n) is 2.45. The fraction of sp³-hybridized carbons (Fsp3) is 0. The molecule has 0 unspecified atom stereocenters. The van der Waals surface area contributed by atoms with Gasteiger partial charge in [-0.15, -0.1) is 0 Å². The normalized spacial score (nSPS) is 9.90. The third kappa shape index (κ3) is 1.32. The molecule has 0 saturated heterocycles. The molecule has 0 aromatic heterocycles. The van der Waals surface area contributed by atoms with Gasteiger partial charge in [0, 0.05) is 4.47 Å². The van der Waals surface area contributed by atoms with Crippen LogP contribution in [0.5, 0.6) is 5.75 Å². The number of hydrogen-bond acceptors (Lipinski definition) is 1. The van der Waals surface area contributed by atoms with Crippen LogP contribution in [0.25, 0.3) is 0 Å². The van der Waals surface area contributed by atoms with Gasteiger partial charge in [0.25, 0.3) is 0 Å². The molecule has 0 aliphatic carbocycles. The van der Waals surface area contributed by atoms with Gasteiger partial charge in [0.05, 0.1) is 4.47 Å². The first kappa shape index (κ1) is 8.01. The van der Waals surface area contributed by atoms with Crippen LogP contribution in [-0.2, 0) is 0 Å². The summed E-state index contributed by atoms with van der Waals surface area (Å²) in [6.07, 6.45) is 0. The van der Waals surface area contributed by atoms with Gasteiger partial charge in [-0.2, -0.15) is 0 Å². The Hall–Kier alpha value is -0.0900. The molecule has 0 spiro atoms. The van der Waals surface area contributed by atoms with E-state index in [1.165, 1.54) is 6.07 Å². The molecule has 0 bridgehead atoms. The van der Waals surface area contributed by atoms with Crippen LogP contribution >= 0.6 is 31.9 Å². The number of benzene rings is 1. The first-order valence-corrected chi connectivity index (χ1v) is 4.04. The van der Waals surface area contributed by atoms with E-state index in [2.05, 4.69) is 31.9 Å². The SMILES string of the molecule is Oc1ccc(Br)c(Br)c1F. The first-order chi connectivity index (χ1) is 4.63. The van der Waals surface area contributed by atoms with E-state index in [0.29, 0.717) is 4.47 Å². The molecule has 54 valence electrons. The van der Waals surface area contributed by atoms with Crippen molar-refractivity contribution >= 4 is 31.9 Å². The Morgan fingerprint density at radius 2 is 1.90 bits per heavy atom. The number of rotatable bonds is 0. The summed E-state index contributed by atoms with van der Waals surface area (Å²) in [7, 11) is 0. The number of hydrogen-bond donors (Lipinski definition) is 1. The Morgan fingerprint density at radius 3 is 2.40 bits per heavy atom. The molecule has 0 atom stereocenters. The van der Waals surface area contributed by atoms with Gasteiger partial charge in [-0.1, -0.05) is 0 Å². The van der Waals surface area contributed by atoms with Crippen LogP contribution in [0.1, 0.15) is 0 Å². The number of aromatic hydroxyl groups is 1. The largest absolute Gasteiger partial charge is 0.505 e. The highest BCUT2D eigenvalue weighted by Gasteiger charge is 2.07. The van der Waals surface area contributed by atoms with Gasteiger partial charge < -0.3 is 5.11 Å². The smallest absolute Gasteiger partial charge is 0.180 e. The Morgan fingerprint density at radius 1 is 1.30 bits per heavy atom. The molecule has 0 saturated carbocycles. The summed E-state index contributed by atoms with van der Waals surface area (Å²) in [6.45, 7) is 0. The van der Waals surface area contributed by atoms with Gasteiger partial charge >= 0.3 is 0 Å². The van der Waals surface area contributed by atoms with Crippen molar-refractivity contribution in [3.05, 3.63) is 26.9 Å². The molecule has 1 aromatic carbocycles. The van der Waals surface area contributed by atoms with Crippen LogP contribution in [0.3, 0.4) is 0 Å². The topological polar surface area (TPSA) is 20.2 Å². The van der Waals surface area contributed by atoms with Crippen molar-refractivity contribution in [1.82, 2.24) is 0 Å². The maximum atomic E-state index is 12.7. The van der Waals surface area contributed by atoms with E-state index in [-0.39, 0.29) is 10.2 Å². The van der Waals surface area contributed by atoms with Gasteiger partial charge in [-0.3, -0.25) is 0 Å². The number of halogens is 3. The lowest BCUT2D eigenvalue weighted by atomic mass is 10.3. The van der Waals surface area contributed by atoms with Crippen LogP contribution < -0.4 is 0 Å². The quantitative estimate of drug-likeness (QED) is 0.718. The summed E-state index contributed by atoms with van der Waals surface area (Å²) in [5.74, 6) is -0.996. The molecule has 4 heteroatoms. The summed E-state index contributed by atoms with van der Waals surface area (Å²) >= 11 is 6.03. The molecule has 10 heavy (non-hydrogen) atoms. The number of phenolic OH excluding ortho intramolecular Hbond substituents is 1. The van der Waals surface area contributed by atoms with Crippen molar-refractivity contribution in [2.75, 3.05) is 0 Å². The van der Waals surface area contributed by atoms with E-state index in [1.807, 2.05) is 0 Å². The van der Waals surface area contributed by atoms with Crippen molar-refractivity contribution in [2.45, 2.75) is 0 Å². The predicted octanol–water partition coefficient (Wildman–Crippen LogP) is 3.06. The van der Waals surface area contributed by atoms with Crippen LogP contribution in [0.15, 0.2) is 21.1 Å². The van der Waals surface area contributed by atoms with Gasteiger partial charge in [0.2, 0.25) is 0 Å². The highest BCUT2D eigenvalue weighted by Crippen LogP contribution is 2.30. The molecule has 1 N–H and O–H groups in total. The van der Waals surface area contributed by atoms with Gasteiger partial charge in [0.1, 0.15) is 0 Å². The van der Waals surface area contributed by atoms with Gasteiger partial charge in [-0.05, 0) is 44.0 Å². The molecular weight excluding hydrogens is 267 g/mol. The molecule has 1 nitrogen and oxygen atoms in total. The highest BCUT2D eigenvalue weighted by atomic mass is 79.9. The van der Waals surface area contributed by atoms with E-state index in [1.54, 1.807) is 6.07 Å². The third-order valence-electron chi connectivity index (χ3n) is 1.01. The Kier molecular flexibility index (Phi) is 2.31. The standard InChI is InChI=1S/C6H3Br2FO/c7-3-1-2-4(10)6(9)5(3)8/h1-2,10H. The Bertz CT molecular complexity index is 235. The molecule has 0 radical (unpaired) electrons. The Balaban J connectivity index is 3.34. The zero-order valence-electron chi connectivity index (χ0n) is 4.74. The minimum Gasteiger partial charge on any atom is -0.505 e. The van der Waals surface area contributed by atoms with Crippen molar-refractivity contribution < 1.29 is 9.50 Å². The van der Waals surface area contributed by atoms with Crippen molar-refractivity contribution in [2.24, 2.45) is 0 Å². The predicted molar refractivity (Wildman–Crippen MR) is 43.5 cm³/mol. The maximum Gasteiger partial charge on any atom is 0.180 e.